The van der Waals surface area contributed by atoms with Gasteiger partial charge in [-0.2, -0.15) is 13.2 Å². The lowest BCUT2D eigenvalue weighted by Crippen LogP contribution is -2.53. The van der Waals surface area contributed by atoms with E-state index in [9.17, 15) is 21.6 Å². The third-order valence-electron chi connectivity index (χ3n) is 7.22. The summed E-state index contributed by atoms with van der Waals surface area (Å²) in [6.07, 6.45) is 0.330. The average molecular weight is 521 g/mol. The summed E-state index contributed by atoms with van der Waals surface area (Å²) < 4.78 is 66.5. The van der Waals surface area contributed by atoms with E-state index in [1.165, 1.54) is 12.5 Å². The number of nitrogens with zero attached hydrogens (tertiary/aromatic N) is 4. The minimum Gasteiger partial charge on any atom is -0.328 e. The van der Waals surface area contributed by atoms with Crippen molar-refractivity contribution in [3.63, 3.8) is 0 Å². The summed E-state index contributed by atoms with van der Waals surface area (Å²) >= 11 is 0. The predicted octanol–water partition coefficient (Wildman–Crippen LogP) is 3.63. The number of rotatable bonds is 5. The van der Waals surface area contributed by atoms with Crippen molar-refractivity contribution in [2.24, 2.45) is 5.73 Å². The molecule has 36 heavy (non-hydrogen) atoms. The average Bonchev–Trinajstić information content (AvgIpc) is 3.31. The molecule has 1 aromatic heterocycles. The Kier molecular flexibility index (Phi) is 6.38. The molecule has 2 heterocycles. The second-order valence-electron chi connectivity index (χ2n) is 9.74. The first-order valence-corrected chi connectivity index (χ1v) is 13.7. The molecular formula is C24H27F3N6O2S. The van der Waals surface area contributed by atoms with Crippen LogP contribution in [0.4, 0.5) is 13.2 Å². The number of likely N-dealkylation sites (tertiary alicyclic amines) is 1. The van der Waals surface area contributed by atoms with E-state index in [0.29, 0.717) is 23.1 Å². The van der Waals surface area contributed by atoms with Gasteiger partial charge in [0.25, 0.3) is 0 Å². The van der Waals surface area contributed by atoms with Gasteiger partial charge in [-0.05, 0) is 52.4 Å². The molecule has 1 saturated carbocycles. The normalized spacial score (nSPS) is 21.9. The molecule has 2 aromatic carbocycles. The van der Waals surface area contributed by atoms with E-state index >= 15 is 0 Å². The van der Waals surface area contributed by atoms with Crippen molar-refractivity contribution in [3.8, 4) is 22.5 Å². The molecule has 0 radical (unpaired) electrons. The number of hydrogen-bond donors (Lipinski definition) is 2. The molecule has 2 unspecified atom stereocenters. The summed E-state index contributed by atoms with van der Waals surface area (Å²) in [7, 11) is -4.29. The van der Waals surface area contributed by atoms with Crippen molar-refractivity contribution in [2.45, 2.75) is 54.8 Å². The van der Waals surface area contributed by atoms with E-state index in [0.717, 1.165) is 50.2 Å². The highest BCUT2D eigenvalue weighted by molar-refractivity contribution is 7.91. The third kappa shape index (κ3) is 4.76. The Bertz CT molecular complexity index is 1340. The number of tetrazole rings is 1. The van der Waals surface area contributed by atoms with Gasteiger partial charge in [-0.25, -0.2) is 13.5 Å². The molecule has 192 valence electrons. The van der Waals surface area contributed by atoms with Crippen LogP contribution >= 0.6 is 0 Å². The fourth-order valence-corrected chi connectivity index (χ4v) is 6.58. The monoisotopic (exact) mass is 520 g/mol. The first-order chi connectivity index (χ1) is 17.0. The number of alkyl halides is 3. The lowest BCUT2D eigenvalue weighted by atomic mass is 9.84. The van der Waals surface area contributed by atoms with Gasteiger partial charge in [0.2, 0.25) is 0 Å². The number of hydrogen-bond acceptors (Lipinski definition) is 7. The van der Waals surface area contributed by atoms with Crippen molar-refractivity contribution in [3.05, 3.63) is 47.5 Å². The maximum atomic E-state index is 13.8. The van der Waals surface area contributed by atoms with Gasteiger partial charge >= 0.3 is 6.18 Å². The molecule has 8 nitrogen and oxygen atoms in total. The van der Waals surface area contributed by atoms with Crippen molar-refractivity contribution in [1.82, 2.24) is 25.5 Å². The van der Waals surface area contributed by atoms with Crippen molar-refractivity contribution < 1.29 is 21.6 Å². The molecule has 5 rings (SSSR count). The van der Waals surface area contributed by atoms with Crippen LogP contribution in [0.5, 0.6) is 0 Å². The summed E-state index contributed by atoms with van der Waals surface area (Å²) in [6.45, 7) is 1.90. The summed E-state index contributed by atoms with van der Waals surface area (Å²) in [5.74, 6) is 0.218. The van der Waals surface area contributed by atoms with Crippen LogP contribution in [0.25, 0.3) is 22.5 Å². The van der Waals surface area contributed by atoms with Crippen molar-refractivity contribution in [2.75, 3.05) is 19.3 Å². The molecule has 1 saturated heterocycles. The maximum Gasteiger partial charge on any atom is 0.417 e. The highest BCUT2D eigenvalue weighted by Crippen LogP contribution is 2.43. The van der Waals surface area contributed by atoms with Gasteiger partial charge in [-0.3, -0.25) is 4.90 Å². The summed E-state index contributed by atoms with van der Waals surface area (Å²) in [5.41, 5.74) is 6.67. The van der Waals surface area contributed by atoms with Crippen LogP contribution in [0, 0.1) is 0 Å². The van der Waals surface area contributed by atoms with Crippen molar-refractivity contribution >= 4 is 9.84 Å². The topological polar surface area (TPSA) is 118 Å². The molecule has 2 aliphatic rings. The van der Waals surface area contributed by atoms with Crippen LogP contribution in [-0.4, -0.2) is 65.4 Å². The van der Waals surface area contributed by atoms with Gasteiger partial charge in [0.15, 0.2) is 15.7 Å². The fraction of sp³-hybridized carbons (Fsp3) is 0.458. The fourth-order valence-electron chi connectivity index (χ4n) is 5.42. The molecule has 0 bridgehead atoms. The SMILES string of the molecule is CS(=O)(=O)c1c(C(F)(F)F)ccc(-c2ccc(C3CN(C4CCCC(N)C4)C3)cc2)c1-c1nnn[nH]1. The summed E-state index contributed by atoms with van der Waals surface area (Å²) in [5, 5.41) is 13.0. The van der Waals surface area contributed by atoms with E-state index in [2.05, 4.69) is 25.5 Å². The largest absolute Gasteiger partial charge is 0.417 e. The Balaban J connectivity index is 1.47. The Hall–Kier alpha value is -2.83. The zero-order valence-corrected chi connectivity index (χ0v) is 20.5. The second kappa shape index (κ2) is 9.24. The lowest BCUT2D eigenvalue weighted by Gasteiger charge is -2.47. The first kappa shape index (κ1) is 24.8. The van der Waals surface area contributed by atoms with E-state index in [1.54, 1.807) is 12.1 Å². The quantitative estimate of drug-likeness (QED) is 0.528. The van der Waals surface area contributed by atoms with Crippen LogP contribution in [0.1, 0.15) is 42.7 Å². The molecule has 1 aliphatic heterocycles. The molecule has 12 heteroatoms. The first-order valence-electron chi connectivity index (χ1n) is 11.8. The molecule has 0 amide bonds. The van der Waals surface area contributed by atoms with Crippen LogP contribution in [0.2, 0.25) is 0 Å². The number of sulfone groups is 1. The highest BCUT2D eigenvalue weighted by atomic mass is 32.2. The Morgan fingerprint density at radius 1 is 1.08 bits per heavy atom. The molecule has 2 fully saturated rings. The molecular weight excluding hydrogens is 493 g/mol. The van der Waals surface area contributed by atoms with E-state index < -0.39 is 26.5 Å². The number of halogens is 3. The molecule has 2 atom stereocenters. The minimum absolute atomic E-state index is 0.152. The number of aromatic amines is 1. The van der Waals surface area contributed by atoms with Gasteiger partial charge in [0.1, 0.15) is 0 Å². The number of H-pyrrole nitrogens is 1. The summed E-state index contributed by atoms with van der Waals surface area (Å²) in [4.78, 5) is 1.62. The number of benzene rings is 2. The molecule has 3 N–H and O–H groups in total. The van der Waals surface area contributed by atoms with Crippen molar-refractivity contribution in [1.29, 1.82) is 0 Å². The van der Waals surface area contributed by atoms with Gasteiger partial charge < -0.3 is 5.73 Å². The predicted molar refractivity (Wildman–Crippen MR) is 128 cm³/mol. The Labute approximate surface area is 207 Å². The standard InChI is InChI=1S/C24H27F3N6O2S/c1-36(34,35)22-20(24(25,26)27)10-9-19(21(22)23-29-31-32-30-23)15-7-5-14(6-8-15)16-12-33(13-16)18-4-2-3-17(28)11-18/h5-10,16-18H,2-4,11-13,28H2,1H3,(H,29,30,31,32). The van der Waals surface area contributed by atoms with Gasteiger partial charge in [0, 0.05) is 42.9 Å². The molecule has 1 aliphatic carbocycles. The van der Waals surface area contributed by atoms with Crippen LogP contribution in [-0.2, 0) is 16.0 Å². The molecule has 3 aromatic rings. The highest BCUT2D eigenvalue weighted by Gasteiger charge is 2.39. The third-order valence-corrected chi connectivity index (χ3v) is 8.39. The van der Waals surface area contributed by atoms with Crippen LogP contribution in [0.3, 0.4) is 0 Å². The van der Waals surface area contributed by atoms with Gasteiger partial charge in [0.05, 0.1) is 10.5 Å². The number of nitrogens with one attached hydrogen (secondary N) is 1. The number of aromatic nitrogens is 4. The lowest BCUT2D eigenvalue weighted by molar-refractivity contribution is -0.139. The van der Waals surface area contributed by atoms with E-state index in [4.69, 9.17) is 5.73 Å². The smallest absolute Gasteiger partial charge is 0.328 e. The zero-order chi connectivity index (χ0) is 25.7. The minimum atomic E-state index is -4.87. The van der Waals surface area contributed by atoms with Crippen LogP contribution < -0.4 is 5.73 Å². The van der Waals surface area contributed by atoms with Gasteiger partial charge in [-0.15, -0.1) is 5.10 Å². The van der Waals surface area contributed by atoms with Gasteiger partial charge in [-0.1, -0.05) is 36.8 Å². The number of nitrogens with two attached hydrogens (primary N) is 1. The van der Waals surface area contributed by atoms with E-state index in [1.807, 2.05) is 12.1 Å². The molecule has 0 spiro atoms. The zero-order valence-electron chi connectivity index (χ0n) is 19.7. The Morgan fingerprint density at radius 2 is 1.81 bits per heavy atom. The second-order valence-corrected chi connectivity index (χ2v) is 11.7. The van der Waals surface area contributed by atoms with Crippen LogP contribution in [0.15, 0.2) is 41.3 Å². The maximum absolute atomic E-state index is 13.8. The Morgan fingerprint density at radius 3 is 2.39 bits per heavy atom. The van der Waals surface area contributed by atoms with E-state index in [-0.39, 0.29) is 17.4 Å². The summed E-state index contributed by atoms with van der Waals surface area (Å²) in [6, 6.07) is 10.4.